The van der Waals surface area contributed by atoms with Gasteiger partial charge in [-0.3, -0.25) is 58.7 Å². The number of rotatable bonds is 14. The van der Waals surface area contributed by atoms with E-state index in [4.69, 9.17) is 49.7 Å². The zero-order valence-corrected chi connectivity index (χ0v) is 73.4. The lowest BCUT2D eigenvalue weighted by Gasteiger charge is -2.41. The first-order chi connectivity index (χ1) is 65.2. The molecule has 1 unspecified atom stereocenters. The highest BCUT2D eigenvalue weighted by atomic mass is 35.5. The van der Waals surface area contributed by atoms with Gasteiger partial charge in [0.15, 0.2) is 80.6 Å². The minimum Gasteiger partial charge on any atom is -0.381 e. The van der Waals surface area contributed by atoms with Crippen LogP contribution in [0.3, 0.4) is 0 Å². The van der Waals surface area contributed by atoms with Crippen LogP contribution in [-0.2, 0) is 48.4 Å². The molecule has 0 aromatic carbocycles. The lowest BCUT2D eigenvalue weighted by Crippen LogP contribution is -2.51. The van der Waals surface area contributed by atoms with Gasteiger partial charge >= 0.3 is 0 Å². The summed E-state index contributed by atoms with van der Waals surface area (Å²) < 4.78 is 69.7. The fourth-order valence-electron chi connectivity index (χ4n) is 17.5. The number of pyridine rings is 5. The van der Waals surface area contributed by atoms with Crippen molar-refractivity contribution in [1.29, 1.82) is 0 Å². The van der Waals surface area contributed by atoms with Crippen molar-refractivity contribution in [1.82, 2.24) is 118 Å². The Hall–Kier alpha value is -15.1. The highest BCUT2D eigenvalue weighted by Gasteiger charge is 2.37. The first-order valence-electron chi connectivity index (χ1n) is 43.1. The maximum absolute atomic E-state index is 13.4. The molecule has 4 saturated heterocycles. The number of anilines is 10. The predicted molar refractivity (Wildman–Crippen MR) is 485 cm³/mol. The summed E-state index contributed by atoms with van der Waals surface area (Å²) in [4.78, 5) is 112. The molecule has 7 aliphatic rings. The molecule has 4 fully saturated rings. The van der Waals surface area contributed by atoms with Gasteiger partial charge in [0.25, 0.3) is 29.5 Å². The van der Waals surface area contributed by atoms with E-state index in [0.717, 1.165) is 218 Å². The van der Waals surface area contributed by atoms with E-state index in [1.165, 1.54) is 15.2 Å². The van der Waals surface area contributed by atoms with Crippen LogP contribution >= 0.6 is 11.6 Å². The van der Waals surface area contributed by atoms with Gasteiger partial charge in [-0.1, -0.05) is 11.6 Å². The van der Waals surface area contributed by atoms with Gasteiger partial charge in [-0.25, -0.2) is 70.3 Å². The smallest absolute Gasteiger partial charge is 0.263 e. The monoisotopic (exact) mass is 1860 g/mol. The van der Waals surface area contributed by atoms with Crippen LogP contribution in [-0.4, -0.2) is 250 Å². The lowest BCUT2D eigenvalue weighted by atomic mass is 9.88. The SMILES string of the molecule is CN1CCc2c(cncc2NC(=O)c2c(N)nn3cc(F)cnc23)C1.C[N+]1(O)CCc2c(cncc2NC(=O)c2c(N)nn3cc(F)cnc23)C1.Nc1nn2cc(Cl)cnc2c1C(=O)Nc1cnccc1C1CCN(C2COC2)CC1.Nc1nn2cc(F)cnc2c1C(=O)Nc1cncc2c1CCNC2.Nc1nn2cc(F)cnc2c1C(=O)Nc1cnccc1C1CCN(C2COC2)CC1. The van der Waals surface area contributed by atoms with Crippen molar-refractivity contribution in [2.24, 2.45) is 0 Å². The van der Waals surface area contributed by atoms with Gasteiger partial charge < -0.3 is 74.9 Å². The van der Waals surface area contributed by atoms with Crippen molar-refractivity contribution < 1.29 is 60.9 Å². The molecule has 0 saturated carbocycles. The van der Waals surface area contributed by atoms with Crippen LogP contribution < -0.4 is 60.6 Å². The number of likely N-dealkylation sites (tertiary alicyclic amines) is 2. The molecule has 22 heterocycles. The second-order valence-electron chi connectivity index (χ2n) is 33.6. The molecule has 7 aliphatic heterocycles. The minimum atomic E-state index is -0.585. The molecule has 15 aromatic rings. The van der Waals surface area contributed by atoms with E-state index >= 15 is 0 Å². The Balaban J connectivity index is 0.000000113. The van der Waals surface area contributed by atoms with E-state index in [9.17, 15) is 46.7 Å². The molecular weight excluding hydrogens is 1770 g/mol. The van der Waals surface area contributed by atoms with Gasteiger partial charge in [-0.05, 0) is 141 Å². The number of piperidine rings is 2. The Morgan fingerprint density at radius 1 is 0.437 bits per heavy atom. The average Bonchev–Trinajstić information content (AvgIpc) is 1.66. The number of hydrogen-bond acceptors (Lipinski definition) is 32. The topological polar surface area (TPSA) is 551 Å². The van der Waals surface area contributed by atoms with E-state index in [1.807, 2.05) is 25.4 Å². The number of halogens is 5. The molecule has 0 radical (unpaired) electrons. The van der Waals surface area contributed by atoms with E-state index in [1.54, 1.807) is 69.0 Å². The average molecular weight is 1870 g/mol. The number of ether oxygens (including phenoxy) is 2. The first kappa shape index (κ1) is 90.4. The van der Waals surface area contributed by atoms with Gasteiger partial charge in [-0.15, -0.1) is 25.5 Å². The number of hydroxylamine groups is 3. The van der Waals surface area contributed by atoms with Crippen molar-refractivity contribution >= 4 is 127 Å². The number of carbonyl (C=O) groups excluding carboxylic acids is 5. The molecule has 17 N–H and O–H groups in total. The van der Waals surface area contributed by atoms with Gasteiger partial charge in [-0.2, -0.15) is 4.65 Å². The Kier molecular flexibility index (Phi) is 25.9. The standard InChI is InChI=1S/C20H22ClN7O2.C20H22FN7O2.C16H16FN7O2.C16H16FN7O.C15H14FN7O/c2*21-13-7-24-19-17(18(22)26-28(19)9-13)20(29)25-16-8-23-4-1-15(16)12-2-5-27(6-3-12)14-10-30-11-14;1-24(26)3-2-11-9(8-24)4-19-6-12(11)21-16(25)13-14(18)22-23-7-10(17)5-20-15(13)23;1-23-3-2-11-9(7-23)4-19-6-12(11)21-16(25)13-14(18)22-24-8-10(17)5-20-15(13)24;16-9-5-20-14-12(13(17)22-23(14)7-9)15(24)21-11-6-19-4-8-3-18-2-1-10(8)11/h2*1,4,7-9,12,14H,2-3,5-6,10-11H2,(H2,22,26)(H,25,29);4-7,26H,2-3,8H2,1H3,(H2-,18,21,22,25);4-6,8H,2-3,7H2,1H3,(H2,18,22)(H,21,25);4-7,18H,1-3H2,(H2,17,22)(H,21,24)/p+1. The summed E-state index contributed by atoms with van der Waals surface area (Å²) in [6.45, 7) is 11.5. The van der Waals surface area contributed by atoms with Crippen LogP contribution in [0.5, 0.6) is 0 Å². The largest absolute Gasteiger partial charge is 0.381 e. The molecule has 0 bridgehead atoms. The first-order valence-corrected chi connectivity index (χ1v) is 43.5. The number of quaternary nitrogens is 1. The van der Waals surface area contributed by atoms with Crippen molar-refractivity contribution in [2.45, 2.75) is 88.5 Å². The number of hydrogen-bond donors (Lipinski definition) is 12. The number of fused-ring (bicyclic) bond motifs is 8. The normalized spacial score (nSPS) is 17.0. The number of amides is 5. The number of carbonyl (C=O) groups is 5. The molecule has 43 nitrogen and oxygen atoms in total. The summed E-state index contributed by atoms with van der Waals surface area (Å²) in [6, 6.07) is 5.04. The number of likely N-dealkylation sites (N-methyl/N-ethyl adjacent to an activating group) is 2. The van der Waals surface area contributed by atoms with Gasteiger partial charge in [0.05, 0.1) is 166 Å². The van der Waals surface area contributed by atoms with E-state index in [-0.39, 0.29) is 90.0 Å². The molecule has 1 atom stereocenters. The van der Waals surface area contributed by atoms with Crippen LogP contribution in [0.1, 0.15) is 134 Å². The molecule has 0 aliphatic carbocycles. The number of nitrogens with two attached hydrogens (primary N) is 5. The maximum atomic E-state index is 13.4. The van der Waals surface area contributed by atoms with Crippen LogP contribution in [0.4, 0.5) is 75.1 Å². The van der Waals surface area contributed by atoms with Crippen molar-refractivity contribution in [2.75, 3.05) is 142 Å². The molecule has 696 valence electrons. The maximum Gasteiger partial charge on any atom is 0.263 e. The quantitative estimate of drug-likeness (QED) is 0.0398. The second-order valence-corrected chi connectivity index (χ2v) is 34.0. The number of nitrogens with zero attached hydrogens (tertiary/aromatic N) is 24. The summed E-state index contributed by atoms with van der Waals surface area (Å²) >= 11 is 5.96. The highest BCUT2D eigenvalue weighted by Crippen LogP contribution is 2.39. The predicted octanol–water partition coefficient (Wildman–Crippen LogP) is 6.69. The number of nitrogen functional groups attached to an aromatic ring is 5. The lowest BCUT2D eigenvalue weighted by molar-refractivity contribution is -1.10. The van der Waals surface area contributed by atoms with Crippen molar-refractivity contribution in [3.8, 4) is 0 Å². The third-order valence-corrected chi connectivity index (χ3v) is 24.7. The number of aromatic nitrogens is 20. The summed E-state index contributed by atoms with van der Waals surface area (Å²) in [7, 11) is 3.76. The fourth-order valence-corrected chi connectivity index (χ4v) is 17.7. The zero-order chi connectivity index (χ0) is 94.0. The van der Waals surface area contributed by atoms with Crippen LogP contribution in [0, 0.1) is 23.3 Å². The van der Waals surface area contributed by atoms with Crippen molar-refractivity contribution in [3.05, 3.63) is 237 Å². The van der Waals surface area contributed by atoms with Crippen LogP contribution in [0.25, 0.3) is 28.2 Å². The summed E-state index contributed by atoms with van der Waals surface area (Å²) in [5.41, 5.74) is 42.5. The van der Waals surface area contributed by atoms with E-state index < -0.39 is 46.9 Å². The van der Waals surface area contributed by atoms with Gasteiger partial charge in [0.1, 0.15) is 40.9 Å². The molecule has 15 aromatic heterocycles. The Labute approximate surface area is 768 Å². The van der Waals surface area contributed by atoms with Crippen molar-refractivity contribution in [3.63, 3.8) is 0 Å². The van der Waals surface area contributed by atoms with E-state index in [2.05, 4.69) is 122 Å². The summed E-state index contributed by atoms with van der Waals surface area (Å²) in [6.07, 6.45) is 34.7. The number of nitrogens with one attached hydrogen (secondary N) is 6. The fraction of sp³-hybridized carbons (Fsp3) is 0.310. The third kappa shape index (κ3) is 19.5. The summed E-state index contributed by atoms with van der Waals surface area (Å²) in [5.74, 6) is -3.76. The van der Waals surface area contributed by atoms with Gasteiger partial charge in [0.2, 0.25) is 0 Å². The third-order valence-electron chi connectivity index (χ3n) is 24.5. The summed E-state index contributed by atoms with van der Waals surface area (Å²) in [5, 5.41) is 48.1. The van der Waals surface area contributed by atoms with Gasteiger partial charge in [0, 0.05) is 68.8 Å². The highest BCUT2D eigenvalue weighted by molar-refractivity contribution is 6.30. The molecular formula is C87H91ClF4N35O8+. The molecule has 135 heavy (non-hydrogen) atoms. The second kappa shape index (κ2) is 38.6. The Morgan fingerprint density at radius 3 is 1.16 bits per heavy atom. The van der Waals surface area contributed by atoms with Crippen LogP contribution in [0.15, 0.2) is 136 Å². The van der Waals surface area contributed by atoms with E-state index in [0.29, 0.717) is 89.1 Å². The molecule has 5 amide bonds. The zero-order valence-electron chi connectivity index (χ0n) is 72.7. The Bertz CT molecular complexity index is 6900. The Morgan fingerprint density at radius 2 is 0.778 bits per heavy atom. The molecule has 22 rings (SSSR count). The molecule has 48 heteroatoms. The minimum absolute atomic E-state index is 0.00640. The molecule has 0 spiro atoms. The van der Waals surface area contributed by atoms with Crippen LogP contribution in [0.2, 0.25) is 5.02 Å².